The van der Waals surface area contributed by atoms with Crippen molar-refractivity contribution in [3.8, 4) is 0 Å². The molecule has 3 unspecified atom stereocenters. The van der Waals surface area contributed by atoms with E-state index in [4.69, 9.17) is 4.74 Å². The van der Waals surface area contributed by atoms with E-state index in [1.54, 1.807) is 0 Å². The maximum absolute atomic E-state index is 6.29. The molecule has 3 atom stereocenters. The Kier molecular flexibility index (Phi) is 2.85. The zero-order chi connectivity index (χ0) is 10.2. The fourth-order valence-corrected chi connectivity index (χ4v) is 2.64. The van der Waals surface area contributed by atoms with Crippen LogP contribution in [-0.4, -0.2) is 24.3 Å². The van der Waals surface area contributed by atoms with E-state index in [0.29, 0.717) is 12.1 Å². The molecule has 2 fully saturated rings. The van der Waals surface area contributed by atoms with E-state index < -0.39 is 0 Å². The molecule has 0 amide bonds. The third-order valence-electron chi connectivity index (χ3n) is 3.84. The van der Waals surface area contributed by atoms with E-state index in [9.17, 15) is 0 Å². The molecular weight excluding hydrogens is 174 g/mol. The maximum Gasteiger partial charge on any atom is 0.0838 e. The molecule has 2 aliphatic rings. The molecule has 2 nitrogen and oxygen atoms in total. The summed E-state index contributed by atoms with van der Waals surface area (Å²) in [5.74, 6) is 0.838. The highest BCUT2D eigenvalue weighted by atomic mass is 16.5. The SMILES string of the molecule is CCCC1(C2CC2)CNC(C)C(C)O1. The van der Waals surface area contributed by atoms with Gasteiger partial charge in [0.2, 0.25) is 0 Å². The third kappa shape index (κ3) is 1.82. The molecule has 2 rings (SSSR count). The van der Waals surface area contributed by atoms with E-state index in [2.05, 4.69) is 26.1 Å². The van der Waals surface area contributed by atoms with Crippen LogP contribution in [0.2, 0.25) is 0 Å². The van der Waals surface area contributed by atoms with Gasteiger partial charge >= 0.3 is 0 Å². The highest BCUT2D eigenvalue weighted by Gasteiger charge is 2.48. The average Bonchev–Trinajstić information content (AvgIpc) is 2.95. The number of ether oxygens (including phenoxy) is 1. The van der Waals surface area contributed by atoms with Crippen molar-refractivity contribution in [3.63, 3.8) is 0 Å². The minimum atomic E-state index is 0.181. The Bertz CT molecular complexity index is 202. The van der Waals surface area contributed by atoms with Gasteiger partial charge in [-0.05, 0) is 39.0 Å². The Balaban J connectivity index is 2.03. The Morgan fingerprint density at radius 1 is 1.36 bits per heavy atom. The Hall–Kier alpha value is -0.0800. The molecule has 0 radical (unpaired) electrons. The topological polar surface area (TPSA) is 21.3 Å². The molecule has 82 valence electrons. The molecule has 0 spiro atoms. The van der Waals surface area contributed by atoms with Gasteiger partial charge in [0, 0.05) is 12.6 Å². The summed E-state index contributed by atoms with van der Waals surface area (Å²) in [5.41, 5.74) is 0.181. The van der Waals surface area contributed by atoms with Gasteiger partial charge in [-0.15, -0.1) is 0 Å². The lowest BCUT2D eigenvalue weighted by molar-refractivity contribution is -0.142. The summed E-state index contributed by atoms with van der Waals surface area (Å²) < 4.78 is 6.29. The smallest absolute Gasteiger partial charge is 0.0838 e. The van der Waals surface area contributed by atoms with Crippen molar-refractivity contribution in [3.05, 3.63) is 0 Å². The monoisotopic (exact) mass is 197 g/mol. The molecule has 1 N–H and O–H groups in total. The Labute approximate surface area is 87.4 Å². The van der Waals surface area contributed by atoms with Crippen LogP contribution in [0.3, 0.4) is 0 Å². The standard InChI is InChI=1S/C12H23NO/c1-4-7-12(11-5-6-11)8-13-9(2)10(3)14-12/h9-11,13H,4-8H2,1-3H3. The average molecular weight is 197 g/mol. The third-order valence-corrected chi connectivity index (χ3v) is 3.84. The van der Waals surface area contributed by atoms with Gasteiger partial charge in [0.1, 0.15) is 0 Å². The minimum absolute atomic E-state index is 0.181. The quantitative estimate of drug-likeness (QED) is 0.750. The van der Waals surface area contributed by atoms with Crippen molar-refractivity contribution in [2.24, 2.45) is 5.92 Å². The molecular formula is C12H23NO. The lowest BCUT2D eigenvalue weighted by Gasteiger charge is -2.44. The fourth-order valence-electron chi connectivity index (χ4n) is 2.64. The first-order valence-electron chi connectivity index (χ1n) is 6.09. The minimum Gasteiger partial charge on any atom is -0.369 e. The van der Waals surface area contributed by atoms with E-state index in [1.165, 1.54) is 25.7 Å². The second-order valence-corrected chi connectivity index (χ2v) is 5.08. The van der Waals surface area contributed by atoms with E-state index >= 15 is 0 Å². The van der Waals surface area contributed by atoms with Crippen molar-refractivity contribution >= 4 is 0 Å². The number of rotatable bonds is 3. The van der Waals surface area contributed by atoms with Gasteiger partial charge in [0.15, 0.2) is 0 Å². The van der Waals surface area contributed by atoms with E-state index in [-0.39, 0.29) is 5.60 Å². The molecule has 2 heteroatoms. The first-order chi connectivity index (χ1) is 6.68. The van der Waals surface area contributed by atoms with Crippen LogP contribution in [0.1, 0.15) is 46.5 Å². The van der Waals surface area contributed by atoms with Gasteiger partial charge in [-0.2, -0.15) is 0 Å². The molecule has 14 heavy (non-hydrogen) atoms. The summed E-state index contributed by atoms with van der Waals surface area (Å²) >= 11 is 0. The molecule has 1 aliphatic heterocycles. The predicted octanol–water partition coefficient (Wildman–Crippen LogP) is 2.33. The Morgan fingerprint density at radius 3 is 2.57 bits per heavy atom. The molecule has 1 aliphatic carbocycles. The van der Waals surface area contributed by atoms with Gasteiger partial charge in [-0.1, -0.05) is 13.3 Å². The van der Waals surface area contributed by atoms with Crippen LogP contribution >= 0.6 is 0 Å². The molecule has 1 saturated carbocycles. The molecule has 0 bridgehead atoms. The van der Waals surface area contributed by atoms with Crippen LogP contribution in [0.4, 0.5) is 0 Å². The van der Waals surface area contributed by atoms with Crippen LogP contribution in [0.5, 0.6) is 0 Å². The Morgan fingerprint density at radius 2 is 2.07 bits per heavy atom. The van der Waals surface area contributed by atoms with Gasteiger partial charge < -0.3 is 10.1 Å². The highest BCUT2D eigenvalue weighted by Crippen LogP contribution is 2.46. The molecule has 0 aromatic heterocycles. The van der Waals surface area contributed by atoms with Crippen LogP contribution in [0.25, 0.3) is 0 Å². The van der Waals surface area contributed by atoms with Crippen molar-refractivity contribution in [2.75, 3.05) is 6.54 Å². The molecule has 1 heterocycles. The molecule has 0 aromatic rings. The van der Waals surface area contributed by atoms with Crippen molar-refractivity contribution in [1.82, 2.24) is 5.32 Å². The largest absolute Gasteiger partial charge is 0.369 e. The lowest BCUT2D eigenvalue weighted by Crippen LogP contribution is -2.58. The van der Waals surface area contributed by atoms with Gasteiger partial charge in [0.25, 0.3) is 0 Å². The summed E-state index contributed by atoms with van der Waals surface area (Å²) in [4.78, 5) is 0. The highest BCUT2D eigenvalue weighted by molar-refractivity contribution is 5.01. The zero-order valence-corrected chi connectivity index (χ0v) is 9.68. The van der Waals surface area contributed by atoms with Crippen LogP contribution in [0, 0.1) is 5.92 Å². The second kappa shape index (κ2) is 3.82. The van der Waals surface area contributed by atoms with Gasteiger partial charge in [-0.25, -0.2) is 0 Å². The first-order valence-corrected chi connectivity index (χ1v) is 6.09. The van der Waals surface area contributed by atoms with Crippen molar-refractivity contribution in [1.29, 1.82) is 0 Å². The van der Waals surface area contributed by atoms with Crippen LogP contribution in [-0.2, 0) is 4.74 Å². The lowest BCUT2D eigenvalue weighted by atomic mass is 9.89. The normalized spacial score (nSPS) is 43.9. The van der Waals surface area contributed by atoms with E-state index in [0.717, 1.165) is 12.5 Å². The van der Waals surface area contributed by atoms with Crippen LogP contribution < -0.4 is 5.32 Å². The summed E-state index contributed by atoms with van der Waals surface area (Å²) in [6.07, 6.45) is 5.59. The van der Waals surface area contributed by atoms with Crippen LogP contribution in [0.15, 0.2) is 0 Å². The molecule has 0 aromatic carbocycles. The van der Waals surface area contributed by atoms with E-state index in [1.807, 2.05) is 0 Å². The second-order valence-electron chi connectivity index (χ2n) is 5.08. The summed E-state index contributed by atoms with van der Waals surface area (Å²) in [5, 5.41) is 3.60. The predicted molar refractivity (Wildman–Crippen MR) is 58.4 cm³/mol. The van der Waals surface area contributed by atoms with Crippen molar-refractivity contribution < 1.29 is 4.74 Å². The van der Waals surface area contributed by atoms with Gasteiger partial charge in [0.05, 0.1) is 11.7 Å². The van der Waals surface area contributed by atoms with Crippen molar-refractivity contribution in [2.45, 2.75) is 64.2 Å². The summed E-state index contributed by atoms with van der Waals surface area (Å²) in [6.45, 7) is 7.74. The number of morpholine rings is 1. The number of hydrogen-bond acceptors (Lipinski definition) is 2. The molecule has 1 saturated heterocycles. The zero-order valence-electron chi connectivity index (χ0n) is 9.68. The summed E-state index contributed by atoms with van der Waals surface area (Å²) in [7, 11) is 0. The number of nitrogens with one attached hydrogen (secondary N) is 1. The van der Waals surface area contributed by atoms with Gasteiger partial charge in [-0.3, -0.25) is 0 Å². The maximum atomic E-state index is 6.29. The fraction of sp³-hybridized carbons (Fsp3) is 1.00. The first kappa shape index (κ1) is 10.4. The summed E-state index contributed by atoms with van der Waals surface area (Å²) in [6, 6.07) is 0.513. The number of hydrogen-bond donors (Lipinski definition) is 1.